The zero-order valence-electron chi connectivity index (χ0n) is 11.6. The molecule has 0 spiro atoms. The van der Waals surface area contributed by atoms with E-state index in [1.54, 1.807) is 18.2 Å². The molecule has 1 fully saturated rings. The lowest BCUT2D eigenvalue weighted by Gasteiger charge is -2.25. The minimum absolute atomic E-state index is 0. The van der Waals surface area contributed by atoms with Crippen LogP contribution in [0.2, 0.25) is 0 Å². The fraction of sp³-hybridized carbons (Fsp3) is 0.533. The highest BCUT2D eigenvalue weighted by Crippen LogP contribution is 2.33. The minimum Gasteiger partial charge on any atom is -0.465 e. The quantitative estimate of drug-likeness (QED) is 0.838. The lowest BCUT2D eigenvalue weighted by Crippen LogP contribution is -2.33. The number of carbonyl (C=O) groups excluding carboxylic acids is 1. The number of ether oxygens (including phenoxy) is 1. The summed E-state index contributed by atoms with van der Waals surface area (Å²) in [7, 11) is 1.35. The van der Waals surface area contributed by atoms with E-state index in [1.807, 2.05) is 6.07 Å². The second-order valence-electron chi connectivity index (χ2n) is 5.14. The van der Waals surface area contributed by atoms with Gasteiger partial charge in [0.05, 0.1) is 24.8 Å². The highest BCUT2D eigenvalue weighted by Gasteiger charge is 2.30. The molecule has 1 aromatic carbocycles. The lowest BCUT2D eigenvalue weighted by atomic mass is 9.89. The minimum atomic E-state index is -0.603. The second-order valence-corrected chi connectivity index (χ2v) is 5.14. The number of halogens is 1. The van der Waals surface area contributed by atoms with Gasteiger partial charge in [-0.05, 0) is 30.4 Å². The predicted molar refractivity (Wildman–Crippen MR) is 79.9 cm³/mol. The number of benzene rings is 1. The fourth-order valence-corrected chi connectivity index (χ4v) is 2.86. The van der Waals surface area contributed by atoms with Crippen LogP contribution in [0.15, 0.2) is 24.3 Å². The van der Waals surface area contributed by atoms with Gasteiger partial charge in [-0.15, -0.1) is 12.4 Å². The van der Waals surface area contributed by atoms with Crippen LogP contribution >= 0.6 is 12.4 Å². The number of aliphatic hydroxyl groups is 1. The molecule has 0 heterocycles. The highest BCUT2D eigenvalue weighted by molar-refractivity contribution is 5.91. The number of rotatable bonds is 4. The Morgan fingerprint density at radius 2 is 1.95 bits per heavy atom. The molecular weight excluding hydrogens is 278 g/mol. The van der Waals surface area contributed by atoms with Crippen LogP contribution in [0.1, 0.15) is 47.6 Å². The van der Waals surface area contributed by atoms with Crippen molar-refractivity contribution in [3.05, 3.63) is 35.4 Å². The third-order valence-electron chi connectivity index (χ3n) is 3.98. The van der Waals surface area contributed by atoms with E-state index >= 15 is 0 Å². The molecule has 5 heteroatoms. The summed E-state index contributed by atoms with van der Waals surface area (Å²) in [5.41, 5.74) is 7.25. The van der Waals surface area contributed by atoms with Crippen LogP contribution in [-0.4, -0.2) is 24.3 Å². The average Bonchev–Trinajstić information content (AvgIpc) is 2.99. The Bertz CT molecular complexity index is 446. The van der Waals surface area contributed by atoms with Crippen molar-refractivity contribution in [2.24, 2.45) is 11.7 Å². The third kappa shape index (κ3) is 3.51. The molecule has 1 aliphatic carbocycles. The van der Waals surface area contributed by atoms with Crippen LogP contribution in [0, 0.1) is 5.92 Å². The molecule has 20 heavy (non-hydrogen) atoms. The van der Waals surface area contributed by atoms with Crippen molar-refractivity contribution in [2.45, 2.75) is 37.8 Å². The smallest absolute Gasteiger partial charge is 0.338 e. The Morgan fingerprint density at radius 1 is 1.35 bits per heavy atom. The molecule has 1 aromatic rings. The van der Waals surface area contributed by atoms with Crippen molar-refractivity contribution in [1.82, 2.24) is 0 Å². The SMILES string of the molecule is COC(=O)c1ccccc1[C@H](N)[C@H](O)C1CCCC1.Cl. The topological polar surface area (TPSA) is 72.5 Å². The van der Waals surface area contributed by atoms with E-state index < -0.39 is 18.1 Å². The molecule has 2 atom stereocenters. The molecular formula is C15H22ClNO3. The number of methoxy groups -OCH3 is 1. The summed E-state index contributed by atoms with van der Waals surface area (Å²) in [4.78, 5) is 11.7. The van der Waals surface area contributed by atoms with Gasteiger partial charge in [0.2, 0.25) is 0 Å². The molecule has 0 amide bonds. The Balaban J connectivity index is 0.00000200. The van der Waals surface area contributed by atoms with Crippen molar-refractivity contribution >= 4 is 18.4 Å². The summed E-state index contributed by atoms with van der Waals surface area (Å²) < 4.78 is 4.76. The summed E-state index contributed by atoms with van der Waals surface area (Å²) in [5, 5.41) is 10.4. The Hall–Kier alpha value is -1.10. The molecule has 0 bridgehead atoms. The Kier molecular flexibility index (Phi) is 6.46. The van der Waals surface area contributed by atoms with Crippen LogP contribution in [0.25, 0.3) is 0 Å². The van der Waals surface area contributed by atoms with E-state index in [4.69, 9.17) is 10.5 Å². The van der Waals surface area contributed by atoms with E-state index in [1.165, 1.54) is 7.11 Å². The number of hydrogen-bond donors (Lipinski definition) is 2. The molecule has 112 valence electrons. The first-order chi connectivity index (χ1) is 9.15. The van der Waals surface area contributed by atoms with Crippen molar-refractivity contribution in [1.29, 1.82) is 0 Å². The van der Waals surface area contributed by atoms with E-state index in [2.05, 4.69) is 0 Å². The summed E-state index contributed by atoms with van der Waals surface area (Å²) in [6.45, 7) is 0. The number of carbonyl (C=O) groups is 1. The zero-order valence-corrected chi connectivity index (χ0v) is 12.4. The number of nitrogens with two attached hydrogens (primary N) is 1. The van der Waals surface area contributed by atoms with E-state index in [0.717, 1.165) is 25.7 Å². The number of esters is 1. The second kappa shape index (κ2) is 7.62. The number of hydrogen-bond acceptors (Lipinski definition) is 4. The summed E-state index contributed by atoms with van der Waals surface area (Å²) in [6.07, 6.45) is 3.71. The first-order valence-corrected chi connectivity index (χ1v) is 6.76. The van der Waals surface area contributed by atoms with Gasteiger partial charge in [0.25, 0.3) is 0 Å². The van der Waals surface area contributed by atoms with Crippen LogP contribution < -0.4 is 5.73 Å². The molecule has 0 aliphatic heterocycles. The maximum atomic E-state index is 11.7. The van der Waals surface area contributed by atoms with E-state index in [0.29, 0.717) is 11.1 Å². The van der Waals surface area contributed by atoms with Crippen LogP contribution in [0.3, 0.4) is 0 Å². The van der Waals surface area contributed by atoms with Crippen LogP contribution in [0.5, 0.6) is 0 Å². The van der Waals surface area contributed by atoms with Gasteiger partial charge in [-0.2, -0.15) is 0 Å². The highest BCUT2D eigenvalue weighted by atomic mass is 35.5. The van der Waals surface area contributed by atoms with Crippen molar-refractivity contribution < 1.29 is 14.6 Å². The van der Waals surface area contributed by atoms with Gasteiger partial charge >= 0.3 is 5.97 Å². The van der Waals surface area contributed by atoms with Gasteiger partial charge in [0.1, 0.15) is 0 Å². The van der Waals surface area contributed by atoms with E-state index in [-0.39, 0.29) is 18.3 Å². The van der Waals surface area contributed by atoms with Gasteiger partial charge < -0.3 is 15.6 Å². The zero-order chi connectivity index (χ0) is 13.8. The lowest BCUT2D eigenvalue weighted by molar-refractivity contribution is 0.0591. The molecule has 4 nitrogen and oxygen atoms in total. The summed E-state index contributed by atoms with van der Waals surface area (Å²) >= 11 is 0. The largest absolute Gasteiger partial charge is 0.465 e. The maximum Gasteiger partial charge on any atom is 0.338 e. The van der Waals surface area contributed by atoms with Crippen molar-refractivity contribution in [2.75, 3.05) is 7.11 Å². The molecule has 1 saturated carbocycles. The first-order valence-electron chi connectivity index (χ1n) is 6.76. The molecule has 2 rings (SSSR count). The number of aliphatic hydroxyl groups excluding tert-OH is 1. The van der Waals surface area contributed by atoms with Gasteiger partial charge in [-0.1, -0.05) is 31.0 Å². The van der Waals surface area contributed by atoms with E-state index in [9.17, 15) is 9.90 Å². The fourth-order valence-electron chi connectivity index (χ4n) is 2.86. The average molecular weight is 300 g/mol. The van der Waals surface area contributed by atoms with Gasteiger partial charge in [0.15, 0.2) is 0 Å². The van der Waals surface area contributed by atoms with Crippen molar-refractivity contribution in [3.63, 3.8) is 0 Å². The summed E-state index contributed by atoms with van der Waals surface area (Å²) in [6, 6.07) is 6.52. The molecule has 0 unspecified atom stereocenters. The molecule has 0 saturated heterocycles. The predicted octanol–water partition coefficient (Wildman–Crippen LogP) is 2.45. The Morgan fingerprint density at radius 3 is 2.55 bits per heavy atom. The molecule has 0 radical (unpaired) electrons. The maximum absolute atomic E-state index is 11.7. The van der Waals surface area contributed by atoms with Crippen molar-refractivity contribution in [3.8, 4) is 0 Å². The Labute approximate surface area is 125 Å². The van der Waals surface area contributed by atoms with Gasteiger partial charge in [-0.25, -0.2) is 4.79 Å². The third-order valence-corrected chi connectivity index (χ3v) is 3.98. The molecule has 0 aromatic heterocycles. The van der Waals surface area contributed by atoms with Gasteiger partial charge in [-0.3, -0.25) is 0 Å². The standard InChI is InChI=1S/C15H21NO3.ClH/c1-19-15(18)12-9-5-4-8-11(12)13(16)14(17)10-6-2-3-7-10;/h4-5,8-10,13-14,17H,2-3,6-7,16H2,1H3;1H/t13-,14+;/m0./s1. The van der Waals surface area contributed by atoms with Crippen LogP contribution in [-0.2, 0) is 4.74 Å². The van der Waals surface area contributed by atoms with Crippen LogP contribution in [0.4, 0.5) is 0 Å². The molecule has 1 aliphatic rings. The molecule has 3 N–H and O–H groups in total. The first kappa shape index (κ1) is 17.0. The van der Waals surface area contributed by atoms with Gasteiger partial charge in [0, 0.05) is 0 Å². The normalized spacial score (nSPS) is 18.1. The summed E-state index contributed by atoms with van der Waals surface area (Å²) in [5.74, 6) is -0.176. The monoisotopic (exact) mass is 299 g/mol.